The van der Waals surface area contributed by atoms with E-state index in [9.17, 15) is 5.11 Å². The van der Waals surface area contributed by atoms with E-state index in [-0.39, 0.29) is 6.61 Å². The van der Waals surface area contributed by atoms with Gasteiger partial charge in [-0.25, -0.2) is 4.68 Å². The van der Waals surface area contributed by atoms with E-state index in [1.807, 2.05) is 24.3 Å². The van der Waals surface area contributed by atoms with E-state index in [1.165, 1.54) is 12.8 Å². The number of benzene rings is 1. The second-order valence-corrected chi connectivity index (χ2v) is 6.38. The summed E-state index contributed by atoms with van der Waals surface area (Å²) in [5, 5.41) is 15.5. The Morgan fingerprint density at radius 1 is 1.24 bits per heavy atom. The van der Waals surface area contributed by atoms with Crippen LogP contribution in [0.25, 0.3) is 0 Å². The third-order valence-corrected chi connectivity index (χ3v) is 4.79. The van der Waals surface area contributed by atoms with Crippen molar-refractivity contribution < 1.29 is 5.11 Å². The summed E-state index contributed by atoms with van der Waals surface area (Å²) < 4.78 is 1.77. The summed E-state index contributed by atoms with van der Waals surface area (Å²) in [5.41, 5.74) is 2.81. The van der Waals surface area contributed by atoms with Gasteiger partial charge in [0.2, 0.25) is 0 Å². The van der Waals surface area contributed by atoms with E-state index in [2.05, 4.69) is 5.10 Å². The summed E-state index contributed by atoms with van der Waals surface area (Å²) in [6.07, 6.45) is 4.73. The van der Waals surface area contributed by atoms with Crippen molar-refractivity contribution >= 4 is 23.2 Å². The second-order valence-electron chi connectivity index (χ2n) is 5.58. The van der Waals surface area contributed by atoms with E-state index in [1.54, 1.807) is 4.68 Å². The smallest absolute Gasteiger partial charge is 0.133 e. The lowest BCUT2D eigenvalue weighted by atomic mass is 10.0. The fourth-order valence-corrected chi connectivity index (χ4v) is 3.55. The van der Waals surface area contributed by atoms with Crippen LogP contribution in [0, 0.1) is 0 Å². The standard InChI is InChI=1S/C16H18Cl2N2O/c17-13-7-3-4-11(8-13)9-20-16(18)14(10-21)15(19-20)12-5-1-2-6-12/h3-4,7-8,12,21H,1-2,5-6,9-10H2. The van der Waals surface area contributed by atoms with Crippen molar-refractivity contribution in [2.45, 2.75) is 44.8 Å². The lowest BCUT2D eigenvalue weighted by Gasteiger charge is -2.06. The molecule has 1 fully saturated rings. The molecule has 1 aromatic heterocycles. The molecule has 21 heavy (non-hydrogen) atoms. The molecule has 0 unspecified atom stereocenters. The van der Waals surface area contributed by atoms with Crippen LogP contribution in [0.3, 0.4) is 0 Å². The van der Waals surface area contributed by atoms with Crippen LogP contribution in [0.4, 0.5) is 0 Å². The van der Waals surface area contributed by atoms with Gasteiger partial charge in [-0.3, -0.25) is 0 Å². The maximum atomic E-state index is 9.62. The van der Waals surface area contributed by atoms with Gasteiger partial charge in [0.05, 0.1) is 18.8 Å². The molecule has 3 nitrogen and oxygen atoms in total. The van der Waals surface area contributed by atoms with Crippen LogP contribution in [0.15, 0.2) is 24.3 Å². The summed E-state index contributed by atoms with van der Waals surface area (Å²) in [5.74, 6) is 0.435. The number of halogens is 2. The first-order valence-corrected chi connectivity index (χ1v) is 8.05. The number of aliphatic hydroxyl groups excluding tert-OH is 1. The zero-order valence-electron chi connectivity index (χ0n) is 11.7. The highest BCUT2D eigenvalue weighted by Crippen LogP contribution is 2.37. The van der Waals surface area contributed by atoms with Gasteiger partial charge in [0, 0.05) is 16.5 Å². The molecule has 0 aliphatic heterocycles. The molecule has 0 radical (unpaired) electrons. The Labute approximate surface area is 134 Å². The predicted molar refractivity (Wildman–Crippen MR) is 84.9 cm³/mol. The summed E-state index contributed by atoms with van der Waals surface area (Å²) >= 11 is 12.4. The van der Waals surface area contributed by atoms with Gasteiger partial charge in [-0.15, -0.1) is 0 Å². The Morgan fingerprint density at radius 2 is 2.00 bits per heavy atom. The summed E-state index contributed by atoms with van der Waals surface area (Å²) in [6, 6.07) is 7.67. The summed E-state index contributed by atoms with van der Waals surface area (Å²) in [6.45, 7) is 0.513. The molecule has 2 aromatic rings. The molecule has 1 aromatic carbocycles. The zero-order chi connectivity index (χ0) is 14.8. The topological polar surface area (TPSA) is 38.1 Å². The molecule has 5 heteroatoms. The molecule has 0 saturated heterocycles. The Bertz CT molecular complexity index is 633. The highest BCUT2D eigenvalue weighted by Gasteiger charge is 2.25. The average molecular weight is 325 g/mol. The maximum absolute atomic E-state index is 9.62. The van der Waals surface area contributed by atoms with E-state index in [4.69, 9.17) is 23.2 Å². The van der Waals surface area contributed by atoms with E-state index in [0.717, 1.165) is 29.7 Å². The highest BCUT2D eigenvalue weighted by molar-refractivity contribution is 6.30. The number of nitrogens with zero attached hydrogens (tertiary/aromatic N) is 2. The Hall–Kier alpha value is -1.03. The molecule has 0 bridgehead atoms. The molecule has 0 atom stereocenters. The molecule has 0 amide bonds. The monoisotopic (exact) mass is 324 g/mol. The summed E-state index contributed by atoms with van der Waals surface area (Å²) in [4.78, 5) is 0. The fourth-order valence-electron chi connectivity index (χ4n) is 3.08. The fraction of sp³-hybridized carbons (Fsp3) is 0.438. The number of hydrogen-bond acceptors (Lipinski definition) is 2. The molecular weight excluding hydrogens is 307 g/mol. The molecule has 0 spiro atoms. The van der Waals surface area contributed by atoms with Gasteiger partial charge in [0.1, 0.15) is 5.15 Å². The van der Waals surface area contributed by atoms with Gasteiger partial charge in [0.25, 0.3) is 0 Å². The van der Waals surface area contributed by atoms with Gasteiger partial charge in [-0.2, -0.15) is 5.10 Å². The normalized spacial score (nSPS) is 15.8. The van der Waals surface area contributed by atoms with Crippen LogP contribution >= 0.6 is 23.2 Å². The quantitative estimate of drug-likeness (QED) is 0.905. The zero-order valence-corrected chi connectivity index (χ0v) is 13.2. The van der Waals surface area contributed by atoms with Crippen molar-refractivity contribution in [3.8, 4) is 0 Å². The first-order valence-electron chi connectivity index (χ1n) is 7.29. The first kappa shape index (κ1) is 14.9. The minimum Gasteiger partial charge on any atom is -0.391 e. The van der Waals surface area contributed by atoms with Gasteiger partial charge in [-0.05, 0) is 30.5 Å². The Balaban J connectivity index is 1.91. The molecule has 1 N–H and O–H groups in total. The minimum absolute atomic E-state index is 0.0553. The number of aromatic nitrogens is 2. The molecule has 1 saturated carbocycles. The highest BCUT2D eigenvalue weighted by atomic mass is 35.5. The summed E-state index contributed by atoms with van der Waals surface area (Å²) in [7, 11) is 0. The van der Waals surface area contributed by atoms with Crippen LogP contribution in [-0.2, 0) is 13.2 Å². The second kappa shape index (κ2) is 6.39. The van der Waals surface area contributed by atoms with E-state index < -0.39 is 0 Å². The Kier molecular flexibility index (Phi) is 4.53. The van der Waals surface area contributed by atoms with Crippen LogP contribution in [0.2, 0.25) is 10.2 Å². The van der Waals surface area contributed by atoms with Crippen molar-refractivity contribution in [2.24, 2.45) is 0 Å². The molecule has 1 aliphatic carbocycles. The SMILES string of the molecule is OCc1c(C2CCCC2)nn(Cc2cccc(Cl)c2)c1Cl. The molecule has 3 rings (SSSR count). The van der Waals surface area contributed by atoms with E-state index in [0.29, 0.717) is 22.6 Å². The van der Waals surface area contributed by atoms with Gasteiger partial charge in [0.15, 0.2) is 0 Å². The number of hydrogen-bond donors (Lipinski definition) is 1. The number of aliphatic hydroxyl groups is 1. The minimum atomic E-state index is -0.0553. The maximum Gasteiger partial charge on any atom is 0.133 e. The van der Waals surface area contributed by atoms with Crippen molar-refractivity contribution in [3.63, 3.8) is 0 Å². The molecule has 112 valence electrons. The van der Waals surface area contributed by atoms with Gasteiger partial charge < -0.3 is 5.11 Å². The van der Waals surface area contributed by atoms with Crippen molar-refractivity contribution in [2.75, 3.05) is 0 Å². The third kappa shape index (κ3) is 3.10. The molecule has 1 aliphatic rings. The lowest BCUT2D eigenvalue weighted by Crippen LogP contribution is -2.03. The third-order valence-electron chi connectivity index (χ3n) is 4.13. The van der Waals surface area contributed by atoms with Crippen molar-refractivity contribution in [1.82, 2.24) is 9.78 Å². The molecular formula is C16H18Cl2N2O. The average Bonchev–Trinajstić information content (AvgIpc) is 3.08. The number of rotatable bonds is 4. The molecule has 1 heterocycles. The van der Waals surface area contributed by atoms with Crippen LogP contribution < -0.4 is 0 Å². The van der Waals surface area contributed by atoms with Crippen LogP contribution in [0.5, 0.6) is 0 Å². The van der Waals surface area contributed by atoms with Crippen LogP contribution in [0.1, 0.15) is 48.4 Å². The largest absolute Gasteiger partial charge is 0.391 e. The predicted octanol–water partition coefficient (Wildman–Crippen LogP) is 4.39. The van der Waals surface area contributed by atoms with Crippen molar-refractivity contribution in [1.29, 1.82) is 0 Å². The van der Waals surface area contributed by atoms with Crippen LogP contribution in [-0.4, -0.2) is 14.9 Å². The first-order chi connectivity index (χ1) is 10.2. The van der Waals surface area contributed by atoms with Gasteiger partial charge in [-0.1, -0.05) is 48.2 Å². The van der Waals surface area contributed by atoms with E-state index >= 15 is 0 Å². The lowest BCUT2D eigenvalue weighted by molar-refractivity contribution is 0.280. The van der Waals surface area contributed by atoms with Crippen molar-refractivity contribution in [3.05, 3.63) is 51.3 Å². The van der Waals surface area contributed by atoms with Gasteiger partial charge >= 0.3 is 0 Å². The Morgan fingerprint density at radius 3 is 2.67 bits per heavy atom.